The van der Waals surface area contributed by atoms with Crippen molar-refractivity contribution in [3.63, 3.8) is 0 Å². The zero-order valence-electron chi connectivity index (χ0n) is 28.7. The van der Waals surface area contributed by atoms with Gasteiger partial charge in [0.15, 0.2) is 6.29 Å². The van der Waals surface area contributed by atoms with Gasteiger partial charge in [0.2, 0.25) is 17.7 Å². The van der Waals surface area contributed by atoms with Crippen LogP contribution < -0.4 is 21.3 Å². The predicted molar refractivity (Wildman–Crippen MR) is 180 cm³/mol. The first-order valence-electron chi connectivity index (χ1n) is 17.1. The number of hydrogen-bond acceptors (Lipinski definition) is 13. The molecule has 0 aromatic heterocycles. The van der Waals surface area contributed by atoms with E-state index >= 15 is 0 Å². The van der Waals surface area contributed by atoms with E-state index in [2.05, 4.69) is 21.3 Å². The SMILES string of the molecule is O=C(O)CN(CC(=O)NCCCCCNC(=O)OCc1ccccc1)CC(=O)NCCCCCC(=O)NCCO[C@H]1O[C@H](CO)[C@@H](O)[C@H](O)[C@@H]1O. The maximum absolute atomic E-state index is 12.4. The Morgan fingerprint density at radius 3 is 1.90 bits per heavy atom. The topological polar surface area (TPSA) is 266 Å². The van der Waals surface area contributed by atoms with Crippen molar-refractivity contribution in [2.45, 2.75) is 82.3 Å². The molecule has 1 aromatic carbocycles. The van der Waals surface area contributed by atoms with E-state index in [-0.39, 0.29) is 45.2 Å². The van der Waals surface area contributed by atoms with Crippen molar-refractivity contribution >= 4 is 29.8 Å². The van der Waals surface area contributed by atoms with Crippen LogP contribution in [0, 0.1) is 0 Å². The van der Waals surface area contributed by atoms with Crippen LogP contribution in [0.2, 0.25) is 0 Å². The van der Waals surface area contributed by atoms with Crippen LogP contribution in [0.1, 0.15) is 50.5 Å². The summed E-state index contributed by atoms with van der Waals surface area (Å²) in [6.07, 6.45) is -3.41. The Hall–Kier alpha value is -3.91. The molecule has 2 rings (SSSR count). The quantitative estimate of drug-likeness (QED) is 0.0503. The fourth-order valence-electron chi connectivity index (χ4n) is 4.97. The molecule has 0 radical (unpaired) electrons. The zero-order valence-corrected chi connectivity index (χ0v) is 28.7. The highest BCUT2D eigenvalue weighted by Gasteiger charge is 2.43. The number of unbranched alkanes of at least 4 members (excludes halogenated alkanes) is 4. The van der Waals surface area contributed by atoms with E-state index in [1.54, 1.807) is 0 Å². The van der Waals surface area contributed by atoms with E-state index in [1.165, 1.54) is 4.90 Å². The second-order valence-corrected chi connectivity index (χ2v) is 12.0. The molecule has 0 aliphatic carbocycles. The summed E-state index contributed by atoms with van der Waals surface area (Å²) in [5.41, 5.74) is 0.890. The first kappa shape index (κ1) is 43.3. The number of rotatable bonds is 25. The van der Waals surface area contributed by atoms with E-state index in [9.17, 15) is 49.5 Å². The molecule has 1 saturated heterocycles. The van der Waals surface area contributed by atoms with Gasteiger partial charge in [0.25, 0.3) is 0 Å². The Morgan fingerprint density at radius 1 is 0.706 bits per heavy atom. The lowest BCUT2D eigenvalue weighted by atomic mass is 9.99. The third-order valence-corrected chi connectivity index (χ3v) is 7.71. The second kappa shape index (κ2) is 25.1. The van der Waals surface area contributed by atoms with Gasteiger partial charge in [0, 0.05) is 32.6 Å². The van der Waals surface area contributed by atoms with Crippen molar-refractivity contribution < 1.29 is 63.7 Å². The number of hydrogen-bond donors (Lipinski definition) is 9. The first-order chi connectivity index (χ1) is 24.5. The second-order valence-electron chi connectivity index (χ2n) is 12.0. The molecule has 1 fully saturated rings. The van der Waals surface area contributed by atoms with Gasteiger partial charge < -0.3 is 61.0 Å². The van der Waals surface area contributed by atoms with Crippen LogP contribution in [0.5, 0.6) is 0 Å². The van der Waals surface area contributed by atoms with Crippen molar-refractivity contribution in [2.75, 3.05) is 59.0 Å². The summed E-state index contributed by atoms with van der Waals surface area (Å²) in [6, 6.07) is 9.32. The van der Waals surface area contributed by atoms with Crippen LogP contribution in [0.25, 0.3) is 0 Å². The summed E-state index contributed by atoms with van der Waals surface area (Å²) >= 11 is 0. The van der Waals surface area contributed by atoms with E-state index in [4.69, 9.17) is 14.2 Å². The van der Waals surface area contributed by atoms with Crippen molar-refractivity contribution in [2.24, 2.45) is 0 Å². The average molecular weight is 728 g/mol. The number of carboxylic acid groups (broad SMARTS) is 1. The molecular formula is C33H53N5O13. The number of carbonyl (C=O) groups excluding carboxylic acids is 4. The Kier molecular flexibility index (Phi) is 21.3. The molecule has 18 nitrogen and oxygen atoms in total. The van der Waals surface area contributed by atoms with Gasteiger partial charge in [-0.05, 0) is 37.7 Å². The maximum atomic E-state index is 12.4. The molecule has 5 atom stereocenters. The minimum Gasteiger partial charge on any atom is -0.480 e. The van der Waals surface area contributed by atoms with Gasteiger partial charge in [-0.1, -0.05) is 36.8 Å². The number of nitrogens with one attached hydrogen (secondary N) is 4. The highest BCUT2D eigenvalue weighted by atomic mass is 16.7. The summed E-state index contributed by atoms with van der Waals surface area (Å²) in [5, 5.41) is 58.7. The number of aliphatic hydroxyl groups excluding tert-OH is 4. The third-order valence-electron chi connectivity index (χ3n) is 7.71. The van der Waals surface area contributed by atoms with E-state index < -0.39 is 67.7 Å². The Labute approximate surface area is 296 Å². The standard InChI is InChI=1S/C33H53N5O13/c39-21-24-29(45)30(46)31(47)32(51-24)49-17-16-36-25(40)12-6-2-7-13-34-26(41)18-38(20-28(43)44)19-27(42)35-14-8-3-9-15-37-33(48)50-22-23-10-4-1-5-11-23/h1,4-5,10-11,24,29-32,39,45-47H,2-3,6-9,12-22H2,(H,34,41)(H,35,42)(H,36,40)(H,37,48)(H,43,44)/t24-,29-,30+,31+,32+/m1/s1. The summed E-state index contributed by atoms with van der Waals surface area (Å²) in [6.45, 7) is -0.283. The van der Waals surface area contributed by atoms with Gasteiger partial charge in [0.1, 0.15) is 31.0 Å². The molecule has 0 bridgehead atoms. The molecule has 18 heteroatoms. The van der Waals surface area contributed by atoms with Gasteiger partial charge in [-0.3, -0.25) is 24.1 Å². The monoisotopic (exact) mass is 727 g/mol. The fourth-order valence-corrected chi connectivity index (χ4v) is 4.97. The molecule has 1 heterocycles. The van der Waals surface area contributed by atoms with Crippen LogP contribution in [0.4, 0.5) is 4.79 Å². The number of alkyl carbamates (subject to hydrolysis) is 1. The van der Waals surface area contributed by atoms with Crippen LogP contribution in [0.3, 0.4) is 0 Å². The molecule has 1 aliphatic heterocycles. The predicted octanol–water partition coefficient (Wildman–Crippen LogP) is -1.80. The lowest BCUT2D eigenvalue weighted by molar-refractivity contribution is -0.300. The minimum atomic E-state index is -1.55. The Balaban J connectivity index is 1.49. The number of amides is 4. The molecule has 288 valence electrons. The van der Waals surface area contributed by atoms with E-state index in [1.807, 2.05) is 30.3 Å². The highest BCUT2D eigenvalue weighted by molar-refractivity contribution is 5.82. The summed E-state index contributed by atoms with van der Waals surface area (Å²) < 4.78 is 15.7. The van der Waals surface area contributed by atoms with Crippen LogP contribution in [0.15, 0.2) is 30.3 Å². The molecule has 51 heavy (non-hydrogen) atoms. The normalized spacial score (nSPS) is 20.0. The lowest BCUT2D eigenvalue weighted by Gasteiger charge is -2.39. The first-order valence-corrected chi connectivity index (χ1v) is 17.1. The summed E-state index contributed by atoms with van der Waals surface area (Å²) in [4.78, 5) is 61.1. The maximum Gasteiger partial charge on any atom is 0.407 e. The zero-order chi connectivity index (χ0) is 37.4. The highest BCUT2D eigenvalue weighted by Crippen LogP contribution is 2.21. The molecule has 0 spiro atoms. The number of carbonyl (C=O) groups is 5. The number of aliphatic hydroxyl groups is 4. The van der Waals surface area contributed by atoms with E-state index in [0.717, 1.165) is 12.0 Å². The number of carboxylic acids is 1. The third kappa shape index (κ3) is 18.8. The van der Waals surface area contributed by atoms with Gasteiger partial charge in [0.05, 0.1) is 32.8 Å². The van der Waals surface area contributed by atoms with Gasteiger partial charge in [-0.15, -0.1) is 0 Å². The number of benzene rings is 1. The molecule has 1 aromatic rings. The molecule has 0 unspecified atom stereocenters. The molecule has 0 saturated carbocycles. The van der Waals surface area contributed by atoms with Gasteiger partial charge >= 0.3 is 12.1 Å². The minimum absolute atomic E-state index is 0.0457. The number of aliphatic carboxylic acids is 1. The summed E-state index contributed by atoms with van der Waals surface area (Å²) in [7, 11) is 0. The van der Waals surface area contributed by atoms with Crippen LogP contribution in [-0.2, 0) is 40.0 Å². The van der Waals surface area contributed by atoms with Crippen LogP contribution in [-0.4, -0.2) is 150 Å². The van der Waals surface area contributed by atoms with Crippen molar-refractivity contribution in [3.8, 4) is 0 Å². The number of ether oxygens (including phenoxy) is 3. The van der Waals surface area contributed by atoms with Crippen LogP contribution >= 0.6 is 0 Å². The molecular weight excluding hydrogens is 674 g/mol. The van der Waals surface area contributed by atoms with Crippen molar-refractivity contribution in [3.05, 3.63) is 35.9 Å². The molecule has 4 amide bonds. The van der Waals surface area contributed by atoms with Crippen molar-refractivity contribution in [1.29, 1.82) is 0 Å². The van der Waals surface area contributed by atoms with E-state index in [0.29, 0.717) is 51.7 Å². The fraction of sp³-hybridized carbons (Fsp3) is 0.667. The number of nitrogens with zero attached hydrogens (tertiary/aromatic N) is 1. The Bertz CT molecular complexity index is 1190. The smallest absolute Gasteiger partial charge is 0.407 e. The van der Waals surface area contributed by atoms with Gasteiger partial charge in [-0.2, -0.15) is 0 Å². The van der Waals surface area contributed by atoms with Crippen molar-refractivity contribution in [1.82, 2.24) is 26.2 Å². The average Bonchev–Trinajstić information content (AvgIpc) is 3.10. The Morgan fingerprint density at radius 2 is 1.29 bits per heavy atom. The summed E-state index contributed by atoms with van der Waals surface area (Å²) in [5.74, 6) is -2.27. The molecule has 1 aliphatic rings. The van der Waals surface area contributed by atoms with Gasteiger partial charge in [-0.25, -0.2) is 4.79 Å². The lowest BCUT2D eigenvalue weighted by Crippen LogP contribution is -2.59. The molecule has 9 N–H and O–H groups in total. The largest absolute Gasteiger partial charge is 0.480 e.